The van der Waals surface area contributed by atoms with Gasteiger partial charge in [-0.25, -0.2) is 9.97 Å². The van der Waals surface area contributed by atoms with Crippen molar-refractivity contribution in [1.82, 2.24) is 15.3 Å². The number of ether oxygens (including phenoxy) is 1. The molecule has 1 aliphatic heterocycles. The minimum Gasteiger partial charge on any atom is -0.378 e. The van der Waals surface area contributed by atoms with Crippen LogP contribution in [0.3, 0.4) is 0 Å². The molecule has 1 aromatic carbocycles. The first-order chi connectivity index (χ1) is 11.2. The normalized spacial score (nSPS) is 14.6. The highest BCUT2D eigenvalue weighted by atomic mass is 127. The molecule has 1 N–H and O–H groups in total. The van der Waals surface area contributed by atoms with E-state index in [1.54, 1.807) is 12.3 Å². The van der Waals surface area contributed by atoms with Crippen molar-refractivity contribution in [2.75, 3.05) is 31.2 Å². The lowest BCUT2D eigenvalue weighted by molar-refractivity contribution is 0.0950. The van der Waals surface area contributed by atoms with Crippen molar-refractivity contribution in [3.8, 4) is 0 Å². The molecule has 1 saturated heterocycles. The number of aromatic nitrogens is 2. The Labute approximate surface area is 148 Å². The first-order valence-corrected chi connectivity index (χ1v) is 8.48. The number of nitrogens with one attached hydrogen (secondary N) is 1. The van der Waals surface area contributed by atoms with Gasteiger partial charge in [0.1, 0.15) is 0 Å². The Bertz CT molecular complexity index is 689. The number of rotatable bonds is 4. The second-order valence-electron chi connectivity index (χ2n) is 5.14. The van der Waals surface area contributed by atoms with E-state index in [1.165, 1.54) is 0 Å². The van der Waals surface area contributed by atoms with Crippen molar-refractivity contribution in [3.63, 3.8) is 0 Å². The van der Waals surface area contributed by atoms with Gasteiger partial charge in [0.05, 0.1) is 25.5 Å². The van der Waals surface area contributed by atoms with E-state index >= 15 is 0 Å². The molecular formula is C16H17IN4O2. The fourth-order valence-corrected chi connectivity index (χ4v) is 2.84. The summed E-state index contributed by atoms with van der Waals surface area (Å²) in [5.74, 6) is 0.587. The molecule has 0 saturated carbocycles. The molecule has 1 fully saturated rings. The third-order valence-electron chi connectivity index (χ3n) is 3.51. The molecule has 7 heteroatoms. The second kappa shape index (κ2) is 7.69. The van der Waals surface area contributed by atoms with Gasteiger partial charge < -0.3 is 15.0 Å². The smallest absolute Gasteiger partial charge is 0.251 e. The molecule has 0 radical (unpaired) electrons. The average Bonchev–Trinajstić information content (AvgIpc) is 2.61. The highest BCUT2D eigenvalue weighted by Gasteiger charge is 2.14. The zero-order valence-electron chi connectivity index (χ0n) is 12.5. The molecule has 2 heterocycles. The van der Waals surface area contributed by atoms with Crippen LogP contribution >= 0.6 is 22.6 Å². The van der Waals surface area contributed by atoms with Crippen molar-refractivity contribution in [1.29, 1.82) is 0 Å². The van der Waals surface area contributed by atoms with E-state index in [2.05, 4.69) is 42.8 Å². The molecule has 6 nitrogen and oxygen atoms in total. The van der Waals surface area contributed by atoms with Crippen LogP contribution in [-0.2, 0) is 11.3 Å². The van der Waals surface area contributed by atoms with Crippen LogP contribution in [0.15, 0.2) is 36.5 Å². The first kappa shape index (κ1) is 16.1. The van der Waals surface area contributed by atoms with E-state index < -0.39 is 0 Å². The van der Waals surface area contributed by atoms with Gasteiger partial charge in [-0.15, -0.1) is 0 Å². The minimum absolute atomic E-state index is 0.102. The third-order valence-corrected chi connectivity index (χ3v) is 4.18. The first-order valence-electron chi connectivity index (χ1n) is 7.41. The molecule has 0 bridgehead atoms. The maximum absolute atomic E-state index is 12.2. The average molecular weight is 424 g/mol. The van der Waals surface area contributed by atoms with Crippen LogP contribution in [0.2, 0.25) is 0 Å². The van der Waals surface area contributed by atoms with Crippen LogP contribution in [0.1, 0.15) is 16.1 Å². The van der Waals surface area contributed by atoms with Gasteiger partial charge in [-0.1, -0.05) is 6.07 Å². The topological polar surface area (TPSA) is 67.4 Å². The zero-order chi connectivity index (χ0) is 16.1. The third kappa shape index (κ3) is 4.38. The van der Waals surface area contributed by atoms with Crippen LogP contribution in [0.25, 0.3) is 0 Å². The second-order valence-corrected chi connectivity index (χ2v) is 6.39. The summed E-state index contributed by atoms with van der Waals surface area (Å²) in [6, 6.07) is 9.30. The number of benzene rings is 1. The number of carbonyl (C=O) groups excluding carboxylic acids is 1. The maximum atomic E-state index is 12.2. The van der Waals surface area contributed by atoms with E-state index in [-0.39, 0.29) is 5.91 Å². The van der Waals surface area contributed by atoms with E-state index in [4.69, 9.17) is 4.74 Å². The minimum atomic E-state index is -0.102. The summed E-state index contributed by atoms with van der Waals surface area (Å²) < 4.78 is 6.37. The van der Waals surface area contributed by atoms with E-state index in [9.17, 15) is 4.79 Å². The molecule has 2 aromatic rings. The van der Waals surface area contributed by atoms with Gasteiger partial charge in [0.15, 0.2) is 0 Å². The number of hydrogen-bond donors (Lipinski definition) is 1. The standard InChI is InChI=1S/C16H17IN4O2/c17-13-3-1-2-12(10-13)15(22)19-11-14-4-5-18-16(20-14)21-6-8-23-9-7-21/h1-5,10H,6-9,11H2,(H,19,22). The van der Waals surface area contributed by atoms with Gasteiger partial charge in [0.2, 0.25) is 5.95 Å². The van der Waals surface area contributed by atoms with Crippen LogP contribution in [-0.4, -0.2) is 42.2 Å². The van der Waals surface area contributed by atoms with Crippen LogP contribution < -0.4 is 10.2 Å². The van der Waals surface area contributed by atoms with Gasteiger partial charge in [0, 0.05) is 28.4 Å². The van der Waals surface area contributed by atoms with E-state index in [0.29, 0.717) is 31.3 Å². The maximum Gasteiger partial charge on any atom is 0.251 e. The van der Waals surface area contributed by atoms with Crippen LogP contribution in [0.5, 0.6) is 0 Å². The highest BCUT2D eigenvalue weighted by Crippen LogP contribution is 2.11. The van der Waals surface area contributed by atoms with Gasteiger partial charge in [0.25, 0.3) is 5.91 Å². The predicted molar refractivity (Wildman–Crippen MR) is 95.4 cm³/mol. The Morgan fingerprint density at radius 1 is 1.30 bits per heavy atom. The van der Waals surface area contributed by atoms with Crippen molar-refractivity contribution >= 4 is 34.4 Å². The Balaban J connectivity index is 1.63. The molecule has 1 amide bonds. The Hall–Kier alpha value is -1.74. The molecule has 0 atom stereocenters. The molecule has 3 rings (SSSR count). The zero-order valence-corrected chi connectivity index (χ0v) is 14.7. The molecule has 0 spiro atoms. The molecule has 1 aliphatic rings. The summed E-state index contributed by atoms with van der Waals surface area (Å²) >= 11 is 2.19. The lowest BCUT2D eigenvalue weighted by Gasteiger charge is -2.26. The quantitative estimate of drug-likeness (QED) is 0.760. The van der Waals surface area contributed by atoms with Gasteiger partial charge in [-0.05, 0) is 46.9 Å². The number of amides is 1. The molecule has 1 aromatic heterocycles. The van der Waals surface area contributed by atoms with Crippen LogP contribution in [0.4, 0.5) is 5.95 Å². The Kier molecular flexibility index (Phi) is 5.39. The number of hydrogen-bond acceptors (Lipinski definition) is 5. The fraction of sp³-hybridized carbons (Fsp3) is 0.312. The Morgan fingerprint density at radius 2 is 2.13 bits per heavy atom. The van der Waals surface area contributed by atoms with Gasteiger partial charge >= 0.3 is 0 Å². The number of anilines is 1. The summed E-state index contributed by atoms with van der Waals surface area (Å²) in [7, 11) is 0. The van der Waals surface area contributed by atoms with Gasteiger partial charge in [-0.2, -0.15) is 0 Å². The summed E-state index contributed by atoms with van der Waals surface area (Å²) in [6.45, 7) is 3.34. The Morgan fingerprint density at radius 3 is 2.91 bits per heavy atom. The van der Waals surface area contributed by atoms with E-state index in [1.807, 2.05) is 24.3 Å². The van der Waals surface area contributed by atoms with Crippen molar-refractivity contribution < 1.29 is 9.53 Å². The molecule has 0 unspecified atom stereocenters. The van der Waals surface area contributed by atoms with E-state index in [0.717, 1.165) is 22.4 Å². The van der Waals surface area contributed by atoms with Crippen molar-refractivity contribution in [2.45, 2.75) is 6.54 Å². The largest absolute Gasteiger partial charge is 0.378 e. The molecule has 0 aliphatic carbocycles. The van der Waals surface area contributed by atoms with Crippen molar-refractivity contribution in [3.05, 3.63) is 51.4 Å². The van der Waals surface area contributed by atoms with Crippen molar-refractivity contribution in [2.24, 2.45) is 0 Å². The lowest BCUT2D eigenvalue weighted by atomic mass is 10.2. The van der Waals surface area contributed by atoms with Crippen LogP contribution in [0, 0.1) is 3.57 Å². The molecule has 23 heavy (non-hydrogen) atoms. The number of nitrogens with zero attached hydrogens (tertiary/aromatic N) is 3. The molecule has 120 valence electrons. The predicted octanol–water partition coefficient (Wildman–Crippen LogP) is 1.85. The molecular weight excluding hydrogens is 407 g/mol. The fourth-order valence-electron chi connectivity index (χ4n) is 2.30. The summed E-state index contributed by atoms with van der Waals surface area (Å²) in [5.41, 5.74) is 1.44. The highest BCUT2D eigenvalue weighted by molar-refractivity contribution is 14.1. The number of halogens is 1. The SMILES string of the molecule is O=C(NCc1ccnc(N2CCOCC2)n1)c1cccc(I)c1. The van der Waals surface area contributed by atoms with Gasteiger partial charge in [-0.3, -0.25) is 4.79 Å². The monoisotopic (exact) mass is 424 g/mol. The summed E-state index contributed by atoms with van der Waals surface area (Å²) in [5, 5.41) is 2.90. The summed E-state index contributed by atoms with van der Waals surface area (Å²) in [4.78, 5) is 23.1. The number of morpholine rings is 1. The lowest BCUT2D eigenvalue weighted by Crippen LogP contribution is -2.37. The summed E-state index contributed by atoms with van der Waals surface area (Å²) in [6.07, 6.45) is 1.73. The number of carbonyl (C=O) groups is 1.